The number of ether oxygens (including phenoxy) is 2. The smallest absolute Gasteiger partial charge is 0.214 e. The molecular weight excluding hydrogens is 304 g/mol. The first-order chi connectivity index (χ1) is 10.6. The molecule has 1 aliphatic carbocycles. The Labute approximate surface area is 131 Å². The summed E-state index contributed by atoms with van der Waals surface area (Å²) in [4.78, 5) is 4.07. The van der Waals surface area contributed by atoms with Gasteiger partial charge in [0.1, 0.15) is 6.10 Å². The zero-order chi connectivity index (χ0) is 15.6. The topological polar surface area (TPSA) is 68.7 Å². The van der Waals surface area contributed by atoms with Crippen LogP contribution in [0, 0.1) is 0 Å². The summed E-state index contributed by atoms with van der Waals surface area (Å²) >= 11 is 0. The molecule has 2 fully saturated rings. The van der Waals surface area contributed by atoms with Crippen LogP contribution in [0.5, 0.6) is 0 Å². The van der Waals surface area contributed by atoms with Crippen LogP contribution in [0.2, 0.25) is 0 Å². The maximum absolute atomic E-state index is 12.3. The molecule has 22 heavy (non-hydrogen) atoms. The molecule has 1 saturated carbocycles. The molecule has 122 valence electrons. The molecule has 0 spiro atoms. The van der Waals surface area contributed by atoms with E-state index in [1.807, 2.05) is 12.1 Å². The van der Waals surface area contributed by atoms with Crippen molar-refractivity contribution < 1.29 is 17.9 Å². The third-order valence-electron chi connectivity index (χ3n) is 4.39. The molecule has 2 bridgehead atoms. The van der Waals surface area contributed by atoms with Crippen LogP contribution in [0.3, 0.4) is 0 Å². The Morgan fingerprint density at radius 2 is 2.32 bits per heavy atom. The van der Waals surface area contributed by atoms with E-state index in [0.717, 1.165) is 18.4 Å². The largest absolute Gasteiger partial charge is 0.374 e. The van der Waals surface area contributed by atoms with Gasteiger partial charge in [0.2, 0.25) is 10.0 Å². The van der Waals surface area contributed by atoms with E-state index in [1.54, 1.807) is 23.6 Å². The summed E-state index contributed by atoms with van der Waals surface area (Å²) < 4.78 is 38.1. The van der Waals surface area contributed by atoms with Gasteiger partial charge in [-0.1, -0.05) is 6.07 Å². The second kappa shape index (κ2) is 6.62. The highest BCUT2D eigenvalue weighted by Gasteiger charge is 2.46. The van der Waals surface area contributed by atoms with Crippen LogP contribution in [0.25, 0.3) is 0 Å². The third kappa shape index (κ3) is 3.17. The summed E-state index contributed by atoms with van der Waals surface area (Å²) in [5.74, 6) is 0.115. The summed E-state index contributed by atoms with van der Waals surface area (Å²) in [6, 6.07) is 3.70. The van der Waals surface area contributed by atoms with Crippen LogP contribution >= 0.6 is 0 Å². The summed E-state index contributed by atoms with van der Waals surface area (Å²) in [5, 5.41) is 0. The van der Waals surface area contributed by atoms with Gasteiger partial charge in [-0.2, -0.15) is 4.31 Å². The van der Waals surface area contributed by atoms with E-state index in [4.69, 9.17) is 9.47 Å². The predicted molar refractivity (Wildman–Crippen MR) is 81.7 cm³/mol. The molecule has 0 aromatic carbocycles. The van der Waals surface area contributed by atoms with Crippen molar-refractivity contribution in [2.75, 3.05) is 18.9 Å². The van der Waals surface area contributed by atoms with Crippen molar-refractivity contribution in [1.82, 2.24) is 9.29 Å². The Morgan fingerprint density at radius 3 is 3.05 bits per heavy atom. The van der Waals surface area contributed by atoms with Crippen LogP contribution in [-0.2, 0) is 26.1 Å². The minimum atomic E-state index is -3.23. The van der Waals surface area contributed by atoms with Crippen molar-refractivity contribution >= 4 is 10.0 Å². The van der Waals surface area contributed by atoms with Crippen molar-refractivity contribution in [3.63, 3.8) is 0 Å². The van der Waals surface area contributed by atoms with Crippen molar-refractivity contribution in [2.24, 2.45) is 0 Å². The lowest BCUT2D eigenvalue weighted by Crippen LogP contribution is -2.46. The number of aromatic nitrogens is 1. The Hall–Kier alpha value is -1.02. The van der Waals surface area contributed by atoms with Gasteiger partial charge >= 0.3 is 0 Å². The zero-order valence-electron chi connectivity index (χ0n) is 12.7. The molecule has 6 nitrogen and oxygen atoms in total. The fourth-order valence-corrected chi connectivity index (χ4v) is 4.59. The quantitative estimate of drug-likeness (QED) is 0.813. The van der Waals surface area contributed by atoms with Gasteiger partial charge in [-0.3, -0.25) is 4.98 Å². The van der Waals surface area contributed by atoms with Crippen molar-refractivity contribution in [2.45, 2.75) is 44.6 Å². The highest BCUT2D eigenvalue weighted by molar-refractivity contribution is 7.89. The van der Waals surface area contributed by atoms with E-state index in [2.05, 4.69) is 4.98 Å². The molecule has 3 unspecified atom stereocenters. The number of hydrogen-bond donors (Lipinski definition) is 0. The minimum Gasteiger partial charge on any atom is -0.374 e. The van der Waals surface area contributed by atoms with Gasteiger partial charge in [0, 0.05) is 18.9 Å². The van der Waals surface area contributed by atoms with Crippen LogP contribution in [-0.4, -0.2) is 54.9 Å². The number of sulfonamides is 1. The van der Waals surface area contributed by atoms with Crippen molar-refractivity contribution in [1.29, 1.82) is 0 Å². The maximum atomic E-state index is 12.3. The van der Waals surface area contributed by atoms with E-state index >= 15 is 0 Å². The molecule has 3 atom stereocenters. The Morgan fingerprint density at radius 1 is 1.45 bits per heavy atom. The number of nitrogens with zero attached hydrogens (tertiary/aromatic N) is 2. The van der Waals surface area contributed by atoms with E-state index in [-0.39, 0.29) is 24.0 Å². The van der Waals surface area contributed by atoms with Gasteiger partial charge in [0.05, 0.1) is 31.1 Å². The first kappa shape index (κ1) is 15.9. The highest BCUT2D eigenvalue weighted by Crippen LogP contribution is 2.34. The average Bonchev–Trinajstić information content (AvgIpc) is 2.81. The third-order valence-corrected chi connectivity index (χ3v) is 6.29. The van der Waals surface area contributed by atoms with E-state index in [0.29, 0.717) is 19.8 Å². The monoisotopic (exact) mass is 326 g/mol. The molecule has 1 saturated heterocycles. The number of fused-ring (bicyclic) bond motifs is 2. The van der Waals surface area contributed by atoms with Crippen LogP contribution in [0.4, 0.5) is 0 Å². The molecule has 1 aromatic rings. The molecule has 2 heterocycles. The molecule has 0 amide bonds. The lowest BCUT2D eigenvalue weighted by Gasteiger charge is -2.30. The van der Waals surface area contributed by atoms with Crippen molar-refractivity contribution in [3.05, 3.63) is 30.1 Å². The molecule has 0 radical (unpaired) electrons. The van der Waals surface area contributed by atoms with Crippen molar-refractivity contribution in [3.8, 4) is 0 Å². The Balaban J connectivity index is 1.75. The molecule has 7 heteroatoms. The normalized spacial score (nSPS) is 29.4. The van der Waals surface area contributed by atoms with Gasteiger partial charge in [0.25, 0.3) is 0 Å². The lowest BCUT2D eigenvalue weighted by atomic mass is 10.2. The summed E-state index contributed by atoms with van der Waals surface area (Å²) in [6.45, 7) is 2.96. The molecule has 0 N–H and O–H groups in total. The molecular formula is C15H22N2O4S. The summed E-state index contributed by atoms with van der Waals surface area (Å²) in [5.41, 5.74) is 0.982. The van der Waals surface area contributed by atoms with Gasteiger partial charge in [-0.05, 0) is 31.4 Å². The molecule has 1 aliphatic heterocycles. The van der Waals surface area contributed by atoms with E-state index in [1.165, 1.54) is 0 Å². The van der Waals surface area contributed by atoms with E-state index in [9.17, 15) is 8.42 Å². The van der Waals surface area contributed by atoms with E-state index < -0.39 is 10.0 Å². The van der Waals surface area contributed by atoms with Gasteiger partial charge in [0.15, 0.2) is 0 Å². The van der Waals surface area contributed by atoms with Crippen LogP contribution in [0.15, 0.2) is 24.5 Å². The van der Waals surface area contributed by atoms with Gasteiger partial charge in [-0.15, -0.1) is 0 Å². The first-order valence-electron chi connectivity index (χ1n) is 7.73. The molecule has 1 aromatic heterocycles. The van der Waals surface area contributed by atoms with Gasteiger partial charge in [-0.25, -0.2) is 8.42 Å². The standard InChI is InChI=1S/C15H22N2O4S/c1-2-22(18,19)17-8-9-20-14-6-5-13(17)15(14)21-11-12-4-3-7-16-10-12/h3-4,7,10,13-15H,2,5-6,8-9,11H2,1H3. The number of rotatable bonds is 5. The fourth-order valence-electron chi connectivity index (χ4n) is 3.26. The molecule has 2 aliphatic rings. The first-order valence-corrected chi connectivity index (χ1v) is 9.34. The molecule has 3 rings (SSSR count). The van der Waals surface area contributed by atoms with Crippen LogP contribution < -0.4 is 0 Å². The SMILES string of the molecule is CCS(=O)(=O)N1CCOC2CCC1C2OCc1cccnc1. The second-order valence-corrected chi connectivity index (χ2v) is 7.91. The fraction of sp³-hybridized carbons (Fsp3) is 0.667. The highest BCUT2D eigenvalue weighted by atomic mass is 32.2. The Bertz CT molecular complexity index is 593. The minimum absolute atomic E-state index is 0.0151. The maximum Gasteiger partial charge on any atom is 0.214 e. The number of hydrogen-bond acceptors (Lipinski definition) is 5. The predicted octanol–water partition coefficient (Wildman–Crippen LogP) is 1.18. The average molecular weight is 326 g/mol. The number of pyridine rings is 1. The summed E-state index contributed by atoms with van der Waals surface area (Å²) in [7, 11) is -3.23. The second-order valence-electron chi connectivity index (χ2n) is 5.70. The lowest BCUT2D eigenvalue weighted by molar-refractivity contribution is -0.0583. The van der Waals surface area contributed by atoms with Gasteiger partial charge < -0.3 is 9.47 Å². The zero-order valence-corrected chi connectivity index (χ0v) is 13.5. The van der Waals surface area contributed by atoms with Crippen LogP contribution in [0.1, 0.15) is 25.3 Å². The summed E-state index contributed by atoms with van der Waals surface area (Å²) in [6.07, 6.45) is 4.90. The Kier molecular flexibility index (Phi) is 4.77.